The van der Waals surface area contributed by atoms with Gasteiger partial charge in [0.15, 0.2) is 0 Å². The van der Waals surface area contributed by atoms with Crippen LogP contribution in [0.4, 0.5) is 0 Å². The summed E-state index contributed by atoms with van der Waals surface area (Å²) >= 11 is 9.83. The van der Waals surface area contributed by atoms with Crippen molar-refractivity contribution in [1.29, 1.82) is 0 Å². The number of aromatic hydroxyl groups is 1. The third-order valence-corrected chi connectivity index (χ3v) is 1.99. The van der Waals surface area contributed by atoms with Gasteiger partial charge in [-0.2, -0.15) is 12.6 Å². The van der Waals surface area contributed by atoms with E-state index in [1.54, 1.807) is 12.1 Å². The van der Waals surface area contributed by atoms with Crippen molar-refractivity contribution in [3.63, 3.8) is 0 Å². The van der Waals surface area contributed by atoms with Crippen molar-refractivity contribution in [3.05, 3.63) is 34.9 Å². The van der Waals surface area contributed by atoms with Crippen LogP contribution in [0.1, 0.15) is 12.0 Å². The molecule has 0 aromatic heterocycles. The summed E-state index contributed by atoms with van der Waals surface area (Å²) in [6, 6.07) is 4.98. The van der Waals surface area contributed by atoms with Crippen LogP contribution < -0.4 is 0 Å². The molecule has 3 heteroatoms. The summed E-state index contributed by atoms with van der Waals surface area (Å²) in [5.41, 5.74) is 0.909. The van der Waals surface area contributed by atoms with Crippen LogP contribution in [0, 0.1) is 0 Å². The number of phenolic OH excluding ortho intramolecular Hbond substituents is 1. The molecule has 0 aliphatic heterocycles. The molecule has 1 aromatic rings. The second-order valence-corrected chi connectivity index (χ2v) is 3.54. The van der Waals surface area contributed by atoms with Crippen LogP contribution in [0.2, 0.25) is 5.02 Å². The van der Waals surface area contributed by atoms with Gasteiger partial charge in [0, 0.05) is 5.02 Å². The van der Waals surface area contributed by atoms with Gasteiger partial charge in [0.2, 0.25) is 0 Å². The number of benzene rings is 1. The first-order chi connectivity index (χ1) is 6.22. The van der Waals surface area contributed by atoms with Gasteiger partial charge in [0.25, 0.3) is 0 Å². The average molecular weight is 215 g/mol. The van der Waals surface area contributed by atoms with Gasteiger partial charge in [-0.25, -0.2) is 0 Å². The van der Waals surface area contributed by atoms with E-state index in [1.807, 2.05) is 12.2 Å². The lowest BCUT2D eigenvalue weighted by molar-refractivity contribution is 0.475. The van der Waals surface area contributed by atoms with E-state index < -0.39 is 0 Å². The second kappa shape index (κ2) is 5.20. The standard InChI is InChI=1S/C10H11ClOS/c11-9-5-8(3-1-2-4-13)6-10(12)7-9/h1,3,5-7,12-13H,2,4H2. The summed E-state index contributed by atoms with van der Waals surface area (Å²) in [6.07, 6.45) is 4.83. The minimum absolute atomic E-state index is 0.193. The highest BCUT2D eigenvalue weighted by atomic mass is 35.5. The number of halogens is 1. The van der Waals surface area contributed by atoms with E-state index in [9.17, 15) is 5.11 Å². The van der Waals surface area contributed by atoms with Crippen molar-refractivity contribution in [3.8, 4) is 5.75 Å². The van der Waals surface area contributed by atoms with Crippen molar-refractivity contribution >= 4 is 30.3 Å². The maximum atomic E-state index is 9.22. The zero-order valence-electron chi connectivity index (χ0n) is 7.07. The van der Waals surface area contributed by atoms with Crippen LogP contribution in [0.15, 0.2) is 24.3 Å². The maximum Gasteiger partial charge on any atom is 0.117 e. The van der Waals surface area contributed by atoms with E-state index in [0.717, 1.165) is 17.7 Å². The van der Waals surface area contributed by atoms with Crippen molar-refractivity contribution in [2.75, 3.05) is 5.75 Å². The van der Waals surface area contributed by atoms with Crippen LogP contribution in [0.25, 0.3) is 6.08 Å². The fourth-order valence-corrected chi connectivity index (χ4v) is 1.37. The Balaban J connectivity index is 2.77. The Labute approximate surface area is 88.5 Å². The Kier molecular flexibility index (Phi) is 4.19. The van der Waals surface area contributed by atoms with Crippen LogP contribution >= 0.6 is 24.2 Å². The molecule has 1 N–H and O–H groups in total. The molecule has 0 saturated heterocycles. The summed E-state index contributed by atoms with van der Waals surface area (Å²) < 4.78 is 0. The Hall–Kier alpha value is -0.600. The predicted octanol–water partition coefficient (Wildman–Crippen LogP) is 3.38. The molecule has 0 bridgehead atoms. The fraction of sp³-hybridized carbons (Fsp3) is 0.200. The third kappa shape index (κ3) is 3.75. The highest BCUT2D eigenvalue weighted by molar-refractivity contribution is 7.80. The van der Waals surface area contributed by atoms with Gasteiger partial charge in [0.1, 0.15) is 5.75 Å². The molecule has 70 valence electrons. The first-order valence-electron chi connectivity index (χ1n) is 3.99. The van der Waals surface area contributed by atoms with Gasteiger partial charge in [0.05, 0.1) is 0 Å². The van der Waals surface area contributed by atoms with Crippen molar-refractivity contribution in [2.45, 2.75) is 6.42 Å². The maximum absolute atomic E-state index is 9.22. The second-order valence-electron chi connectivity index (χ2n) is 2.66. The Morgan fingerprint density at radius 2 is 2.15 bits per heavy atom. The van der Waals surface area contributed by atoms with E-state index in [0.29, 0.717) is 5.02 Å². The Morgan fingerprint density at radius 3 is 2.77 bits per heavy atom. The van der Waals surface area contributed by atoms with Gasteiger partial charge in [-0.05, 0) is 35.9 Å². The lowest BCUT2D eigenvalue weighted by Crippen LogP contribution is -1.74. The number of hydrogen-bond donors (Lipinski definition) is 2. The number of rotatable bonds is 3. The molecule has 0 radical (unpaired) electrons. The summed E-state index contributed by atoms with van der Waals surface area (Å²) in [5.74, 6) is 1.02. The normalized spacial score (nSPS) is 10.9. The smallest absolute Gasteiger partial charge is 0.117 e. The minimum Gasteiger partial charge on any atom is -0.508 e. The van der Waals surface area contributed by atoms with Crippen molar-refractivity contribution in [2.24, 2.45) is 0 Å². The topological polar surface area (TPSA) is 20.2 Å². The van der Waals surface area contributed by atoms with E-state index in [1.165, 1.54) is 6.07 Å². The molecule has 1 rings (SSSR count). The molecule has 0 saturated carbocycles. The highest BCUT2D eigenvalue weighted by Gasteiger charge is 1.94. The van der Waals surface area contributed by atoms with Gasteiger partial charge in [-0.3, -0.25) is 0 Å². The Morgan fingerprint density at radius 1 is 1.38 bits per heavy atom. The highest BCUT2D eigenvalue weighted by Crippen LogP contribution is 2.20. The van der Waals surface area contributed by atoms with E-state index in [2.05, 4.69) is 12.6 Å². The van der Waals surface area contributed by atoms with Crippen LogP contribution in [-0.4, -0.2) is 10.9 Å². The number of hydrogen-bond acceptors (Lipinski definition) is 2. The zero-order chi connectivity index (χ0) is 9.68. The lowest BCUT2D eigenvalue weighted by atomic mass is 10.2. The van der Waals surface area contributed by atoms with Crippen molar-refractivity contribution in [1.82, 2.24) is 0 Å². The predicted molar refractivity (Wildman–Crippen MR) is 60.6 cm³/mol. The molecule has 0 aliphatic carbocycles. The molecular weight excluding hydrogens is 204 g/mol. The first-order valence-corrected chi connectivity index (χ1v) is 5.00. The molecule has 0 heterocycles. The molecule has 0 aliphatic rings. The Bertz CT molecular complexity index is 290. The monoisotopic (exact) mass is 214 g/mol. The zero-order valence-corrected chi connectivity index (χ0v) is 8.72. The van der Waals surface area contributed by atoms with Crippen LogP contribution in [0.5, 0.6) is 5.75 Å². The molecule has 0 unspecified atom stereocenters. The molecule has 13 heavy (non-hydrogen) atoms. The first kappa shape index (κ1) is 10.5. The lowest BCUT2D eigenvalue weighted by Gasteiger charge is -1.97. The number of allylic oxidation sites excluding steroid dienone is 1. The molecule has 1 aromatic carbocycles. The van der Waals surface area contributed by atoms with E-state index in [-0.39, 0.29) is 5.75 Å². The van der Waals surface area contributed by atoms with Gasteiger partial charge >= 0.3 is 0 Å². The SMILES string of the molecule is Oc1cc(Cl)cc(C=CCCS)c1. The molecule has 0 amide bonds. The van der Waals surface area contributed by atoms with Gasteiger partial charge in [-0.1, -0.05) is 23.8 Å². The van der Waals surface area contributed by atoms with E-state index >= 15 is 0 Å². The largest absolute Gasteiger partial charge is 0.508 e. The summed E-state index contributed by atoms with van der Waals surface area (Å²) in [7, 11) is 0. The van der Waals surface area contributed by atoms with Gasteiger partial charge in [-0.15, -0.1) is 0 Å². The third-order valence-electron chi connectivity index (χ3n) is 1.51. The molecule has 0 spiro atoms. The minimum atomic E-state index is 0.193. The molecule has 1 nitrogen and oxygen atoms in total. The quantitative estimate of drug-likeness (QED) is 0.740. The summed E-state index contributed by atoms with van der Waals surface area (Å²) in [5, 5.41) is 9.76. The van der Waals surface area contributed by atoms with E-state index in [4.69, 9.17) is 11.6 Å². The summed E-state index contributed by atoms with van der Waals surface area (Å²) in [6.45, 7) is 0. The fourth-order valence-electron chi connectivity index (χ4n) is 0.986. The number of phenols is 1. The molecule has 0 fully saturated rings. The summed E-state index contributed by atoms with van der Waals surface area (Å²) in [4.78, 5) is 0. The molecule has 0 atom stereocenters. The molecular formula is C10H11ClOS. The van der Waals surface area contributed by atoms with Crippen LogP contribution in [-0.2, 0) is 0 Å². The van der Waals surface area contributed by atoms with Crippen LogP contribution in [0.3, 0.4) is 0 Å². The average Bonchev–Trinajstić information content (AvgIpc) is 2.03. The number of thiol groups is 1. The van der Waals surface area contributed by atoms with Gasteiger partial charge < -0.3 is 5.11 Å². The van der Waals surface area contributed by atoms with Crippen molar-refractivity contribution < 1.29 is 5.11 Å².